The van der Waals surface area contributed by atoms with Gasteiger partial charge in [0.15, 0.2) is 6.04 Å². The zero-order valence-corrected chi connectivity index (χ0v) is 10.7. The minimum atomic E-state index is -1.39. The lowest BCUT2D eigenvalue weighted by Gasteiger charge is -2.18. The Labute approximate surface area is 111 Å². The lowest BCUT2D eigenvalue weighted by atomic mass is 10.1. The lowest BCUT2D eigenvalue weighted by molar-refractivity contribution is -0.148. The number of ether oxygens (including phenoxy) is 1. The number of aliphatic hydroxyl groups is 1. The molecule has 0 aromatic heterocycles. The average Bonchev–Trinajstić information content (AvgIpc) is 2.44. The summed E-state index contributed by atoms with van der Waals surface area (Å²) in [7, 11) is 0. The number of aliphatic hydroxyl groups excluding tert-OH is 1. The van der Waals surface area contributed by atoms with Gasteiger partial charge in [0.25, 0.3) is 0 Å². The average molecular weight is 266 g/mol. The van der Waals surface area contributed by atoms with Gasteiger partial charge in [-0.25, -0.2) is 4.79 Å². The van der Waals surface area contributed by atoms with E-state index in [0.29, 0.717) is 0 Å². The number of benzene rings is 1. The molecule has 0 aliphatic carbocycles. The largest absolute Gasteiger partial charge is 0.464 e. The highest BCUT2D eigenvalue weighted by molar-refractivity contribution is 6.01. The van der Waals surface area contributed by atoms with Crippen molar-refractivity contribution in [3.05, 3.63) is 35.9 Å². The fourth-order valence-corrected chi connectivity index (χ4v) is 1.52. The van der Waals surface area contributed by atoms with Gasteiger partial charge in [0.2, 0.25) is 5.91 Å². The topological polar surface area (TPSA) is 102 Å². The molecule has 0 aliphatic heterocycles. The second-order valence-electron chi connectivity index (χ2n) is 3.88. The second-order valence-corrected chi connectivity index (χ2v) is 3.88. The van der Waals surface area contributed by atoms with Crippen LogP contribution in [-0.2, 0) is 14.3 Å². The number of amides is 1. The smallest absolute Gasteiger partial charge is 0.332 e. The van der Waals surface area contributed by atoms with Gasteiger partial charge in [-0.15, -0.1) is 0 Å². The molecule has 0 aliphatic rings. The highest BCUT2D eigenvalue weighted by Crippen LogP contribution is 2.11. The molecule has 1 rings (SSSR count). The van der Waals surface area contributed by atoms with Crippen LogP contribution in [0.2, 0.25) is 0 Å². The zero-order valence-electron chi connectivity index (χ0n) is 10.7. The Morgan fingerprint density at radius 2 is 2.00 bits per heavy atom. The normalized spacial score (nSPS) is 13.4. The number of nitrogens with two attached hydrogens (primary N) is 1. The van der Waals surface area contributed by atoms with Crippen molar-refractivity contribution in [1.82, 2.24) is 5.32 Å². The minimum absolute atomic E-state index is 0.155. The summed E-state index contributed by atoms with van der Waals surface area (Å²) in [6.07, 6.45) is 0. The number of hydrogen-bond donors (Lipinski definition) is 3. The molecule has 4 N–H and O–H groups in total. The zero-order chi connectivity index (χ0) is 14.3. The Kier molecular flexibility index (Phi) is 5.98. The first-order valence-corrected chi connectivity index (χ1v) is 5.98. The van der Waals surface area contributed by atoms with E-state index >= 15 is 0 Å². The van der Waals surface area contributed by atoms with E-state index in [1.54, 1.807) is 31.2 Å². The highest BCUT2D eigenvalue weighted by atomic mass is 16.5. The summed E-state index contributed by atoms with van der Waals surface area (Å²) in [5.41, 5.74) is 6.19. The summed E-state index contributed by atoms with van der Waals surface area (Å²) in [5.74, 6) is -1.47. The maximum atomic E-state index is 11.8. The van der Waals surface area contributed by atoms with E-state index in [-0.39, 0.29) is 13.2 Å². The van der Waals surface area contributed by atoms with Gasteiger partial charge < -0.3 is 20.9 Å². The molecule has 0 spiro atoms. The van der Waals surface area contributed by atoms with Crippen molar-refractivity contribution in [2.75, 3.05) is 13.2 Å². The van der Waals surface area contributed by atoms with Gasteiger partial charge in [0.05, 0.1) is 19.3 Å². The molecule has 0 fully saturated rings. The maximum absolute atomic E-state index is 11.8. The molecule has 6 heteroatoms. The van der Waals surface area contributed by atoms with Crippen LogP contribution in [0.25, 0.3) is 0 Å². The Balaban J connectivity index is 2.66. The summed E-state index contributed by atoms with van der Waals surface area (Å²) in [5, 5.41) is 11.8. The van der Waals surface area contributed by atoms with Crippen LogP contribution in [0, 0.1) is 0 Å². The fourth-order valence-electron chi connectivity index (χ4n) is 1.52. The van der Waals surface area contributed by atoms with Gasteiger partial charge in [-0.1, -0.05) is 30.3 Å². The van der Waals surface area contributed by atoms with Crippen LogP contribution in [0.3, 0.4) is 0 Å². The number of esters is 1. The number of nitrogens with one attached hydrogen (secondary N) is 1. The second kappa shape index (κ2) is 7.50. The van der Waals surface area contributed by atoms with Crippen molar-refractivity contribution >= 4 is 11.9 Å². The van der Waals surface area contributed by atoms with Crippen LogP contribution in [0.5, 0.6) is 0 Å². The number of rotatable bonds is 6. The van der Waals surface area contributed by atoms with Crippen molar-refractivity contribution in [2.24, 2.45) is 5.73 Å². The van der Waals surface area contributed by atoms with Crippen LogP contribution >= 0.6 is 0 Å². The summed E-state index contributed by atoms with van der Waals surface area (Å²) in [6, 6.07) is 6.93. The van der Waals surface area contributed by atoms with Crippen LogP contribution in [0.4, 0.5) is 0 Å². The monoisotopic (exact) mass is 266 g/mol. The molecule has 0 saturated carbocycles. The van der Waals surface area contributed by atoms with E-state index in [4.69, 9.17) is 5.73 Å². The number of carbonyl (C=O) groups excluding carboxylic acids is 2. The summed E-state index contributed by atoms with van der Waals surface area (Å²) in [4.78, 5) is 23.1. The first-order valence-electron chi connectivity index (χ1n) is 5.98. The van der Waals surface area contributed by atoms with E-state index in [1.165, 1.54) is 0 Å². The molecule has 2 unspecified atom stereocenters. The molecule has 104 valence electrons. The molecule has 2 atom stereocenters. The van der Waals surface area contributed by atoms with E-state index in [9.17, 15) is 14.7 Å². The van der Waals surface area contributed by atoms with Crippen molar-refractivity contribution in [3.8, 4) is 0 Å². The van der Waals surface area contributed by atoms with Crippen molar-refractivity contribution in [1.29, 1.82) is 0 Å². The molecule has 0 radical (unpaired) electrons. The van der Waals surface area contributed by atoms with Crippen molar-refractivity contribution in [3.63, 3.8) is 0 Å². The maximum Gasteiger partial charge on any atom is 0.332 e. The number of carbonyl (C=O) groups is 2. The van der Waals surface area contributed by atoms with Gasteiger partial charge in [0.1, 0.15) is 0 Å². The van der Waals surface area contributed by atoms with Crippen LogP contribution in [0.15, 0.2) is 30.3 Å². The van der Waals surface area contributed by atoms with Gasteiger partial charge in [-0.05, 0) is 12.5 Å². The Morgan fingerprint density at radius 3 is 2.53 bits per heavy atom. The molecule has 1 amide bonds. The highest BCUT2D eigenvalue weighted by Gasteiger charge is 2.25. The standard InChI is InChI=1S/C13H18N2O4/c1-2-19-13(18)11(14)12(17)15-10(8-16)9-6-4-3-5-7-9/h3-7,10-11,16H,2,8,14H2,1H3,(H,15,17). The van der Waals surface area contributed by atoms with Gasteiger partial charge in [-0.2, -0.15) is 0 Å². The third kappa shape index (κ3) is 4.35. The van der Waals surface area contributed by atoms with Crippen molar-refractivity contribution in [2.45, 2.75) is 19.0 Å². The van der Waals surface area contributed by atoms with Crippen LogP contribution < -0.4 is 11.1 Å². The van der Waals surface area contributed by atoms with Crippen LogP contribution in [-0.4, -0.2) is 36.2 Å². The van der Waals surface area contributed by atoms with Crippen LogP contribution in [0.1, 0.15) is 18.5 Å². The summed E-state index contributed by atoms with van der Waals surface area (Å²) >= 11 is 0. The van der Waals surface area contributed by atoms with Gasteiger partial charge in [-0.3, -0.25) is 4.79 Å². The molecular formula is C13H18N2O4. The van der Waals surface area contributed by atoms with E-state index in [2.05, 4.69) is 10.1 Å². The molecule has 0 heterocycles. The quantitative estimate of drug-likeness (QED) is 0.486. The molecular weight excluding hydrogens is 248 g/mol. The first-order chi connectivity index (χ1) is 9.10. The fraction of sp³-hybridized carbons (Fsp3) is 0.385. The minimum Gasteiger partial charge on any atom is -0.464 e. The Morgan fingerprint density at radius 1 is 1.37 bits per heavy atom. The summed E-state index contributed by atoms with van der Waals surface area (Å²) in [6.45, 7) is 1.50. The Bertz CT molecular complexity index is 422. The first kappa shape index (κ1) is 15.1. The molecule has 6 nitrogen and oxygen atoms in total. The lowest BCUT2D eigenvalue weighted by Crippen LogP contribution is -2.48. The summed E-state index contributed by atoms with van der Waals surface area (Å²) < 4.78 is 4.66. The molecule has 1 aromatic carbocycles. The van der Waals surface area contributed by atoms with E-state index in [1.807, 2.05) is 6.07 Å². The molecule has 19 heavy (non-hydrogen) atoms. The third-order valence-electron chi connectivity index (χ3n) is 2.52. The number of hydrogen-bond acceptors (Lipinski definition) is 5. The molecule has 0 saturated heterocycles. The van der Waals surface area contributed by atoms with E-state index < -0.39 is 24.0 Å². The Hall–Kier alpha value is -1.92. The van der Waals surface area contributed by atoms with Gasteiger partial charge in [0, 0.05) is 0 Å². The SMILES string of the molecule is CCOC(=O)C(N)C(=O)NC(CO)c1ccccc1. The van der Waals surface area contributed by atoms with E-state index in [0.717, 1.165) is 5.56 Å². The van der Waals surface area contributed by atoms with Crippen molar-refractivity contribution < 1.29 is 19.4 Å². The third-order valence-corrected chi connectivity index (χ3v) is 2.52. The molecule has 0 bridgehead atoms. The molecule has 1 aromatic rings. The predicted molar refractivity (Wildman–Crippen MR) is 69.0 cm³/mol. The van der Waals surface area contributed by atoms with Gasteiger partial charge >= 0.3 is 5.97 Å². The predicted octanol–water partition coefficient (Wildman–Crippen LogP) is -0.273.